The Kier molecular flexibility index (Phi) is 8.18. The number of carbonyl (C=O) groups excluding carboxylic acids is 2. The molecule has 0 spiro atoms. The molecular formula is C25H31FN2O3. The van der Waals surface area contributed by atoms with E-state index in [0.717, 1.165) is 38.0 Å². The second kappa shape index (κ2) is 11.0. The second-order valence-corrected chi connectivity index (χ2v) is 8.29. The molecule has 1 heterocycles. The summed E-state index contributed by atoms with van der Waals surface area (Å²) in [4.78, 5) is 27.9. The van der Waals surface area contributed by atoms with Gasteiger partial charge < -0.3 is 14.5 Å². The fraction of sp³-hybridized carbons (Fsp3) is 0.440. The first kappa shape index (κ1) is 22.9. The molecule has 0 N–H and O–H groups in total. The average molecular weight is 427 g/mol. The number of ketones is 1. The van der Waals surface area contributed by atoms with Gasteiger partial charge in [-0.15, -0.1) is 0 Å². The first-order valence-electron chi connectivity index (χ1n) is 10.9. The molecule has 0 unspecified atom stereocenters. The minimum Gasteiger partial charge on any atom is -0.484 e. The third kappa shape index (κ3) is 6.89. The molecule has 0 saturated carbocycles. The summed E-state index contributed by atoms with van der Waals surface area (Å²) in [6.07, 6.45) is 2.87. The highest BCUT2D eigenvalue weighted by Crippen LogP contribution is 2.19. The summed E-state index contributed by atoms with van der Waals surface area (Å²) in [6.45, 7) is 4.93. The maximum atomic E-state index is 13.8. The van der Waals surface area contributed by atoms with E-state index in [1.165, 1.54) is 13.0 Å². The van der Waals surface area contributed by atoms with E-state index in [2.05, 4.69) is 4.90 Å². The fourth-order valence-electron chi connectivity index (χ4n) is 4.01. The van der Waals surface area contributed by atoms with Gasteiger partial charge in [0.25, 0.3) is 5.91 Å². The van der Waals surface area contributed by atoms with Gasteiger partial charge in [0.15, 0.2) is 12.4 Å². The molecule has 1 aliphatic heterocycles. The molecule has 5 nitrogen and oxygen atoms in total. The highest BCUT2D eigenvalue weighted by atomic mass is 19.1. The van der Waals surface area contributed by atoms with Gasteiger partial charge in [-0.25, -0.2) is 4.39 Å². The Morgan fingerprint density at radius 3 is 2.61 bits per heavy atom. The maximum absolute atomic E-state index is 13.8. The van der Waals surface area contributed by atoms with E-state index in [1.54, 1.807) is 35.2 Å². The molecule has 1 saturated heterocycles. The lowest BCUT2D eigenvalue weighted by Crippen LogP contribution is -2.43. The van der Waals surface area contributed by atoms with E-state index in [0.29, 0.717) is 30.2 Å². The highest BCUT2D eigenvalue weighted by molar-refractivity contribution is 5.94. The Morgan fingerprint density at radius 1 is 1.16 bits per heavy atom. The predicted octanol–water partition coefficient (Wildman–Crippen LogP) is 3.82. The van der Waals surface area contributed by atoms with Crippen molar-refractivity contribution < 1.29 is 18.7 Å². The normalized spacial score (nSPS) is 16.7. The van der Waals surface area contributed by atoms with Crippen molar-refractivity contribution in [3.8, 4) is 5.75 Å². The minimum atomic E-state index is -0.141. The second-order valence-electron chi connectivity index (χ2n) is 8.29. The van der Waals surface area contributed by atoms with Crippen LogP contribution in [0, 0.1) is 11.7 Å². The number of halogens is 1. The molecule has 0 bridgehead atoms. The monoisotopic (exact) mass is 426 g/mol. The summed E-state index contributed by atoms with van der Waals surface area (Å²) in [5, 5.41) is 0. The van der Waals surface area contributed by atoms with Crippen LogP contribution < -0.4 is 4.74 Å². The Balaban J connectivity index is 1.42. The number of hydrogen-bond donors (Lipinski definition) is 0. The lowest BCUT2D eigenvalue weighted by Gasteiger charge is -2.34. The zero-order valence-corrected chi connectivity index (χ0v) is 18.4. The highest BCUT2D eigenvalue weighted by Gasteiger charge is 2.23. The fourth-order valence-corrected chi connectivity index (χ4v) is 4.01. The number of piperidine rings is 1. The van der Waals surface area contributed by atoms with Gasteiger partial charge in [-0.05, 0) is 74.5 Å². The molecule has 1 atom stereocenters. The Morgan fingerprint density at radius 2 is 1.90 bits per heavy atom. The number of benzene rings is 2. The molecule has 1 fully saturated rings. The molecule has 166 valence electrons. The lowest BCUT2D eigenvalue weighted by molar-refractivity contribution is -0.132. The van der Waals surface area contributed by atoms with Crippen molar-refractivity contribution in [2.24, 2.45) is 5.92 Å². The predicted molar refractivity (Wildman–Crippen MR) is 119 cm³/mol. The Labute approximate surface area is 183 Å². The van der Waals surface area contributed by atoms with Crippen LogP contribution in [0.3, 0.4) is 0 Å². The van der Waals surface area contributed by atoms with Crippen LogP contribution in [-0.4, -0.2) is 61.3 Å². The van der Waals surface area contributed by atoms with E-state index in [1.807, 2.05) is 19.2 Å². The van der Waals surface area contributed by atoms with Gasteiger partial charge in [-0.1, -0.05) is 18.2 Å². The molecule has 0 aromatic heterocycles. The Bertz CT molecular complexity index is 885. The van der Waals surface area contributed by atoms with Gasteiger partial charge in [-0.2, -0.15) is 0 Å². The molecule has 2 aromatic rings. The van der Waals surface area contributed by atoms with Crippen molar-refractivity contribution >= 4 is 11.7 Å². The SMILES string of the molecule is CC(=O)c1ccc(OCC(=O)N(C)C[C@@H]2CCCN(CCc3ccccc3F)C2)cc1. The third-order valence-corrected chi connectivity index (χ3v) is 5.84. The number of likely N-dealkylation sites (N-methyl/N-ethyl adjacent to an activating group) is 1. The van der Waals surface area contributed by atoms with Crippen LogP contribution in [0.25, 0.3) is 0 Å². The van der Waals surface area contributed by atoms with Crippen molar-refractivity contribution in [2.75, 3.05) is 39.8 Å². The third-order valence-electron chi connectivity index (χ3n) is 5.84. The number of likely N-dealkylation sites (tertiary alicyclic amines) is 1. The molecule has 0 aliphatic carbocycles. The number of Topliss-reactive ketones (excluding diaryl/α,β-unsaturated/α-hetero) is 1. The van der Waals surface area contributed by atoms with E-state index in [9.17, 15) is 14.0 Å². The maximum Gasteiger partial charge on any atom is 0.260 e. The van der Waals surface area contributed by atoms with Crippen molar-refractivity contribution in [1.29, 1.82) is 0 Å². The van der Waals surface area contributed by atoms with Crippen LogP contribution >= 0.6 is 0 Å². The van der Waals surface area contributed by atoms with E-state index in [-0.39, 0.29) is 24.1 Å². The van der Waals surface area contributed by atoms with Gasteiger partial charge >= 0.3 is 0 Å². The van der Waals surface area contributed by atoms with Crippen LogP contribution in [0.15, 0.2) is 48.5 Å². The van der Waals surface area contributed by atoms with Crippen LogP contribution in [-0.2, 0) is 11.2 Å². The van der Waals surface area contributed by atoms with Crippen molar-refractivity contribution in [3.05, 3.63) is 65.5 Å². The summed E-state index contributed by atoms with van der Waals surface area (Å²) in [5.41, 5.74) is 1.37. The standard InChI is InChI=1S/C25H31FN2O3/c1-19(29)21-9-11-23(12-10-21)31-18-25(30)27(2)16-20-6-5-14-28(17-20)15-13-22-7-3-4-8-24(22)26/h3-4,7-12,20H,5-6,13-18H2,1-2H3/t20-/m0/s1. The molecule has 2 aromatic carbocycles. The van der Waals surface area contributed by atoms with E-state index in [4.69, 9.17) is 4.74 Å². The van der Waals surface area contributed by atoms with Crippen LogP contribution in [0.1, 0.15) is 35.7 Å². The first-order valence-corrected chi connectivity index (χ1v) is 10.9. The molecular weight excluding hydrogens is 395 g/mol. The van der Waals surface area contributed by atoms with Crippen molar-refractivity contribution in [3.63, 3.8) is 0 Å². The zero-order valence-electron chi connectivity index (χ0n) is 18.4. The van der Waals surface area contributed by atoms with Gasteiger partial charge in [-0.3, -0.25) is 9.59 Å². The summed E-state index contributed by atoms with van der Waals surface area (Å²) in [7, 11) is 1.81. The van der Waals surface area contributed by atoms with Crippen molar-refractivity contribution in [1.82, 2.24) is 9.80 Å². The van der Waals surface area contributed by atoms with Crippen LogP contribution in [0.2, 0.25) is 0 Å². The number of hydrogen-bond acceptors (Lipinski definition) is 4. The Hall–Kier alpha value is -2.73. The molecule has 31 heavy (non-hydrogen) atoms. The number of rotatable bonds is 9. The molecule has 3 rings (SSSR count). The van der Waals surface area contributed by atoms with Crippen molar-refractivity contribution in [2.45, 2.75) is 26.2 Å². The lowest BCUT2D eigenvalue weighted by atomic mass is 9.97. The molecule has 1 amide bonds. The molecule has 1 aliphatic rings. The van der Waals surface area contributed by atoms with E-state index >= 15 is 0 Å². The summed E-state index contributed by atoms with van der Waals surface area (Å²) in [6, 6.07) is 13.8. The van der Waals surface area contributed by atoms with E-state index < -0.39 is 0 Å². The summed E-state index contributed by atoms with van der Waals surface area (Å²) in [5.74, 6) is 0.760. The van der Waals surface area contributed by atoms with Crippen LogP contribution in [0.4, 0.5) is 4.39 Å². The zero-order chi connectivity index (χ0) is 22.2. The minimum absolute atomic E-state index is 0.00205. The van der Waals surface area contributed by atoms with Crippen LogP contribution in [0.5, 0.6) is 5.75 Å². The van der Waals surface area contributed by atoms with Gasteiger partial charge in [0.05, 0.1) is 0 Å². The number of ether oxygens (including phenoxy) is 1. The topological polar surface area (TPSA) is 49.9 Å². The smallest absolute Gasteiger partial charge is 0.260 e. The largest absolute Gasteiger partial charge is 0.484 e. The number of nitrogens with zero attached hydrogens (tertiary/aromatic N) is 2. The summed E-state index contributed by atoms with van der Waals surface area (Å²) >= 11 is 0. The average Bonchev–Trinajstić information content (AvgIpc) is 2.77. The summed E-state index contributed by atoms with van der Waals surface area (Å²) < 4.78 is 19.4. The quantitative estimate of drug-likeness (QED) is 0.572. The first-order chi connectivity index (χ1) is 14.9. The molecule has 0 radical (unpaired) electrons. The van der Waals surface area contributed by atoms with Gasteiger partial charge in [0, 0.05) is 32.2 Å². The number of carbonyl (C=O) groups is 2. The number of amides is 1. The van der Waals surface area contributed by atoms with Gasteiger partial charge in [0.1, 0.15) is 11.6 Å². The van der Waals surface area contributed by atoms with Gasteiger partial charge in [0.2, 0.25) is 0 Å². The molecule has 6 heteroatoms.